The van der Waals surface area contributed by atoms with Gasteiger partial charge >= 0.3 is 12.1 Å². The van der Waals surface area contributed by atoms with Gasteiger partial charge in [0, 0.05) is 0 Å². The zero-order valence-corrected chi connectivity index (χ0v) is 10.8. The average molecular weight is 381 g/mol. The van der Waals surface area contributed by atoms with E-state index in [2.05, 4.69) is 9.72 Å². The number of hydrogen-bond donors (Lipinski definition) is 0. The highest BCUT2D eigenvalue weighted by Crippen LogP contribution is 2.37. The monoisotopic (exact) mass is 381 g/mol. The molecule has 1 aromatic rings. The summed E-state index contributed by atoms with van der Waals surface area (Å²) in [5, 5.41) is 0. The van der Waals surface area contributed by atoms with Gasteiger partial charge in [0.2, 0.25) is 0 Å². The Hall–Kier alpha value is -1.00. The normalized spacial score (nSPS) is 11.8. The maximum atomic E-state index is 12.7. The van der Waals surface area contributed by atoms with E-state index >= 15 is 0 Å². The first-order chi connectivity index (χ1) is 8.18. The lowest BCUT2D eigenvalue weighted by molar-refractivity contribution is -0.143. The standard InChI is InChI=1S/C9H5F5INO2/c1-18-8(17)3-2-4(15)16-6(9(12,13)14)5(3)7(10)11/h2,7H,1H3. The van der Waals surface area contributed by atoms with Crippen LogP contribution >= 0.6 is 22.6 Å². The summed E-state index contributed by atoms with van der Waals surface area (Å²) in [5.74, 6) is -1.27. The van der Waals surface area contributed by atoms with E-state index in [4.69, 9.17) is 0 Å². The second-order valence-corrected chi connectivity index (χ2v) is 4.15. The molecular weight excluding hydrogens is 376 g/mol. The van der Waals surface area contributed by atoms with Crippen LogP contribution in [0.25, 0.3) is 0 Å². The van der Waals surface area contributed by atoms with Gasteiger partial charge in [0.15, 0.2) is 5.69 Å². The molecule has 3 nitrogen and oxygen atoms in total. The number of carbonyl (C=O) groups is 1. The molecule has 0 fully saturated rings. The number of rotatable bonds is 2. The van der Waals surface area contributed by atoms with Crippen LogP contribution in [-0.2, 0) is 10.9 Å². The van der Waals surface area contributed by atoms with Gasteiger partial charge in [0.1, 0.15) is 3.70 Å². The van der Waals surface area contributed by atoms with Crippen molar-refractivity contribution in [3.8, 4) is 0 Å². The van der Waals surface area contributed by atoms with Crippen LogP contribution in [-0.4, -0.2) is 18.1 Å². The number of methoxy groups -OCH3 is 1. The fourth-order valence-electron chi connectivity index (χ4n) is 1.24. The highest BCUT2D eigenvalue weighted by molar-refractivity contribution is 14.1. The van der Waals surface area contributed by atoms with Gasteiger partial charge in [-0.3, -0.25) is 0 Å². The van der Waals surface area contributed by atoms with Gasteiger partial charge in [-0.05, 0) is 28.7 Å². The molecule has 18 heavy (non-hydrogen) atoms. The lowest BCUT2D eigenvalue weighted by Gasteiger charge is -2.14. The Morgan fingerprint density at radius 3 is 2.39 bits per heavy atom. The van der Waals surface area contributed by atoms with Gasteiger partial charge < -0.3 is 4.74 Å². The summed E-state index contributed by atoms with van der Waals surface area (Å²) in [6.07, 6.45) is -8.56. The molecule has 1 rings (SSSR count). The van der Waals surface area contributed by atoms with E-state index in [9.17, 15) is 26.7 Å². The maximum Gasteiger partial charge on any atom is 0.433 e. The molecule has 0 atom stereocenters. The van der Waals surface area contributed by atoms with E-state index in [1.807, 2.05) is 0 Å². The minimum Gasteiger partial charge on any atom is -0.465 e. The van der Waals surface area contributed by atoms with E-state index in [0.717, 1.165) is 13.2 Å². The first kappa shape index (κ1) is 15.1. The van der Waals surface area contributed by atoms with Crippen molar-refractivity contribution in [1.82, 2.24) is 4.98 Å². The molecule has 0 unspecified atom stereocenters. The second-order valence-electron chi connectivity index (χ2n) is 3.04. The molecule has 0 aliphatic carbocycles. The Kier molecular flexibility index (Phi) is 4.46. The molecule has 1 heterocycles. The fourth-order valence-corrected chi connectivity index (χ4v) is 1.79. The Bertz CT molecular complexity index is 475. The number of aromatic nitrogens is 1. The van der Waals surface area contributed by atoms with Gasteiger partial charge in [-0.15, -0.1) is 0 Å². The van der Waals surface area contributed by atoms with Gasteiger partial charge in [-0.25, -0.2) is 18.6 Å². The molecule has 0 aromatic carbocycles. The second kappa shape index (κ2) is 5.33. The molecule has 0 aliphatic heterocycles. The third kappa shape index (κ3) is 3.06. The largest absolute Gasteiger partial charge is 0.465 e. The molecule has 0 aliphatic rings. The highest BCUT2D eigenvalue weighted by Gasteiger charge is 2.40. The lowest BCUT2D eigenvalue weighted by Crippen LogP contribution is -2.18. The van der Waals surface area contributed by atoms with Gasteiger partial charge in [-0.1, -0.05) is 0 Å². The Morgan fingerprint density at radius 1 is 1.44 bits per heavy atom. The van der Waals surface area contributed by atoms with E-state index in [0.29, 0.717) is 0 Å². The molecule has 1 aromatic heterocycles. The molecular formula is C9H5F5INO2. The fraction of sp³-hybridized carbons (Fsp3) is 0.333. The van der Waals surface area contributed by atoms with Crippen molar-refractivity contribution >= 4 is 28.6 Å². The molecule has 100 valence electrons. The van der Waals surface area contributed by atoms with Crippen molar-refractivity contribution in [2.75, 3.05) is 7.11 Å². The Balaban J connectivity index is 3.62. The molecule has 0 spiro atoms. The summed E-state index contributed by atoms with van der Waals surface area (Å²) >= 11 is 1.40. The number of esters is 1. The number of nitrogens with zero attached hydrogens (tertiary/aromatic N) is 1. The molecule has 0 amide bonds. The van der Waals surface area contributed by atoms with Crippen molar-refractivity contribution in [3.05, 3.63) is 26.6 Å². The van der Waals surface area contributed by atoms with E-state index < -0.39 is 35.4 Å². The smallest absolute Gasteiger partial charge is 0.433 e. The Morgan fingerprint density at radius 2 is 2.00 bits per heavy atom. The highest BCUT2D eigenvalue weighted by atomic mass is 127. The third-order valence-corrected chi connectivity index (χ3v) is 2.47. The SMILES string of the molecule is COC(=O)c1cc(I)nc(C(F)(F)F)c1C(F)F. The average Bonchev–Trinajstić information content (AvgIpc) is 2.25. The van der Waals surface area contributed by atoms with Crippen molar-refractivity contribution < 1.29 is 31.5 Å². The summed E-state index contributed by atoms with van der Waals surface area (Å²) in [7, 11) is 0.887. The van der Waals surface area contributed by atoms with Gasteiger partial charge in [0.25, 0.3) is 6.43 Å². The summed E-state index contributed by atoms with van der Waals surface area (Å²) < 4.78 is 67.1. The third-order valence-electron chi connectivity index (χ3n) is 1.92. The van der Waals surface area contributed by atoms with Crippen LogP contribution in [0.5, 0.6) is 0 Å². The van der Waals surface area contributed by atoms with Crippen LogP contribution in [0.15, 0.2) is 6.07 Å². The van der Waals surface area contributed by atoms with E-state index in [1.165, 1.54) is 22.6 Å². The number of carbonyl (C=O) groups excluding carboxylic acids is 1. The lowest BCUT2D eigenvalue weighted by atomic mass is 10.1. The minimum absolute atomic E-state index is 0.232. The predicted octanol–water partition coefficient (Wildman–Crippen LogP) is 3.43. The molecule has 0 N–H and O–H groups in total. The molecule has 0 bridgehead atoms. The molecule has 0 saturated carbocycles. The number of pyridine rings is 1. The van der Waals surface area contributed by atoms with Crippen molar-refractivity contribution in [2.24, 2.45) is 0 Å². The van der Waals surface area contributed by atoms with Crippen LogP contribution in [0.1, 0.15) is 28.0 Å². The van der Waals surface area contributed by atoms with Crippen molar-refractivity contribution in [3.63, 3.8) is 0 Å². The summed E-state index contributed by atoms with van der Waals surface area (Å²) in [6, 6.07) is 0.823. The van der Waals surface area contributed by atoms with Crippen LogP contribution in [0.2, 0.25) is 0 Å². The Labute approximate surface area is 111 Å². The van der Waals surface area contributed by atoms with Crippen LogP contribution in [0.3, 0.4) is 0 Å². The quantitative estimate of drug-likeness (QED) is 0.341. The number of hydrogen-bond acceptors (Lipinski definition) is 3. The minimum atomic E-state index is -5.07. The van der Waals surface area contributed by atoms with E-state index in [1.54, 1.807) is 0 Å². The number of ether oxygens (including phenoxy) is 1. The van der Waals surface area contributed by atoms with Crippen molar-refractivity contribution in [1.29, 1.82) is 0 Å². The van der Waals surface area contributed by atoms with Crippen LogP contribution < -0.4 is 0 Å². The van der Waals surface area contributed by atoms with Crippen LogP contribution in [0.4, 0.5) is 22.0 Å². The molecule has 0 radical (unpaired) electrons. The first-order valence-electron chi connectivity index (χ1n) is 4.32. The number of halogens is 6. The zero-order valence-electron chi connectivity index (χ0n) is 8.69. The molecule has 0 saturated heterocycles. The van der Waals surface area contributed by atoms with Gasteiger partial charge in [-0.2, -0.15) is 13.2 Å². The summed E-state index contributed by atoms with van der Waals surface area (Å²) in [5.41, 5.74) is -4.07. The predicted molar refractivity (Wildman–Crippen MR) is 58.3 cm³/mol. The van der Waals surface area contributed by atoms with Gasteiger partial charge in [0.05, 0.1) is 18.2 Å². The zero-order chi connectivity index (χ0) is 14.1. The maximum absolute atomic E-state index is 12.7. The van der Waals surface area contributed by atoms with E-state index in [-0.39, 0.29) is 3.70 Å². The number of alkyl halides is 5. The molecule has 9 heteroatoms. The summed E-state index contributed by atoms with van der Waals surface area (Å²) in [6.45, 7) is 0. The van der Waals surface area contributed by atoms with Crippen LogP contribution in [0, 0.1) is 3.70 Å². The topological polar surface area (TPSA) is 39.2 Å². The first-order valence-corrected chi connectivity index (χ1v) is 5.40. The van der Waals surface area contributed by atoms with Crippen molar-refractivity contribution in [2.45, 2.75) is 12.6 Å². The summed E-state index contributed by atoms with van der Waals surface area (Å²) in [4.78, 5) is 14.2.